The van der Waals surface area contributed by atoms with Crippen LogP contribution in [0.15, 0.2) is 0 Å². The predicted molar refractivity (Wildman–Crippen MR) is 46.8 cm³/mol. The molecule has 0 aromatic carbocycles. The molecule has 0 bridgehead atoms. The molecular weight excluding hydrogens is 188 g/mol. The van der Waals surface area contributed by atoms with Gasteiger partial charge in [0, 0.05) is 0 Å². The van der Waals surface area contributed by atoms with Crippen molar-refractivity contribution >= 4 is 17.8 Å². The van der Waals surface area contributed by atoms with Crippen LogP contribution < -0.4 is 10.7 Å². The Kier molecular flexibility index (Phi) is 1.66. The maximum atomic E-state index is 11.0. The fourth-order valence-corrected chi connectivity index (χ4v) is 1.33. The molecule has 0 atom stereocenters. The van der Waals surface area contributed by atoms with E-state index in [0.717, 1.165) is 4.68 Å². The van der Waals surface area contributed by atoms with Crippen LogP contribution in [0, 0.1) is 6.92 Å². The summed E-state index contributed by atoms with van der Waals surface area (Å²) in [6.45, 7) is 1.68. The smallest absolute Gasteiger partial charge is 0.356 e. The van der Waals surface area contributed by atoms with Crippen LogP contribution in [-0.4, -0.2) is 33.2 Å². The van der Waals surface area contributed by atoms with Gasteiger partial charge in [0.25, 0.3) is 5.91 Å². The summed E-state index contributed by atoms with van der Waals surface area (Å²) in [6.07, 6.45) is 0. The standard InChI is InChI=1S/C7H8N4O3/c1-3-5(6(13)14)11-7(9-3)8-2-4(12)10-11/h2H2,1H3,(H,8,9)(H,10,12)(H,13,14). The van der Waals surface area contributed by atoms with Crippen LogP contribution in [0.4, 0.5) is 5.95 Å². The van der Waals surface area contributed by atoms with E-state index < -0.39 is 5.97 Å². The summed E-state index contributed by atoms with van der Waals surface area (Å²) in [5, 5.41) is 11.6. The van der Waals surface area contributed by atoms with E-state index in [1.54, 1.807) is 6.92 Å². The number of hydrogen-bond acceptors (Lipinski definition) is 4. The number of aromatic nitrogens is 2. The van der Waals surface area contributed by atoms with Crippen LogP contribution >= 0.6 is 0 Å². The Hall–Kier alpha value is -2.05. The summed E-state index contributed by atoms with van der Waals surface area (Å²) < 4.78 is 1.14. The van der Waals surface area contributed by atoms with Crippen molar-refractivity contribution < 1.29 is 14.7 Å². The summed E-state index contributed by atoms with van der Waals surface area (Å²) in [5.41, 5.74) is 2.74. The van der Waals surface area contributed by atoms with E-state index in [9.17, 15) is 9.59 Å². The zero-order valence-electron chi connectivity index (χ0n) is 7.37. The van der Waals surface area contributed by atoms with Crippen molar-refractivity contribution in [2.45, 2.75) is 6.92 Å². The van der Waals surface area contributed by atoms with E-state index in [1.807, 2.05) is 0 Å². The molecule has 0 aliphatic carbocycles. The number of hydrogen-bond donors (Lipinski definition) is 3. The summed E-state index contributed by atoms with van der Waals surface area (Å²) in [5.74, 6) is -1.07. The van der Waals surface area contributed by atoms with E-state index in [0.29, 0.717) is 11.6 Å². The second kappa shape index (κ2) is 2.72. The first-order valence-corrected chi connectivity index (χ1v) is 3.96. The number of amides is 1. The molecule has 0 fully saturated rings. The predicted octanol–water partition coefficient (Wildman–Crippen LogP) is -0.615. The first kappa shape index (κ1) is 8.54. The van der Waals surface area contributed by atoms with Crippen LogP contribution in [0.3, 0.4) is 0 Å². The van der Waals surface area contributed by atoms with Gasteiger partial charge in [-0.2, -0.15) is 0 Å². The summed E-state index contributed by atoms with van der Waals surface area (Å²) in [6, 6.07) is 0. The zero-order valence-corrected chi connectivity index (χ0v) is 7.37. The molecule has 1 aliphatic rings. The number of carbonyl (C=O) groups is 2. The highest BCUT2D eigenvalue weighted by atomic mass is 16.4. The number of aryl methyl sites for hydroxylation is 1. The molecule has 1 aromatic rings. The monoisotopic (exact) mass is 196 g/mol. The summed E-state index contributed by atoms with van der Waals surface area (Å²) in [7, 11) is 0. The Morgan fingerprint density at radius 2 is 2.36 bits per heavy atom. The topological polar surface area (TPSA) is 96.2 Å². The van der Waals surface area contributed by atoms with Crippen LogP contribution in [0.5, 0.6) is 0 Å². The average molecular weight is 196 g/mol. The Morgan fingerprint density at radius 1 is 1.64 bits per heavy atom. The van der Waals surface area contributed by atoms with Gasteiger partial charge in [0.15, 0.2) is 5.69 Å². The third-order valence-corrected chi connectivity index (χ3v) is 1.90. The van der Waals surface area contributed by atoms with Gasteiger partial charge in [0.2, 0.25) is 5.95 Å². The second-order valence-corrected chi connectivity index (χ2v) is 2.90. The van der Waals surface area contributed by atoms with E-state index in [2.05, 4.69) is 15.7 Å². The number of aromatic carboxylic acids is 1. The highest BCUT2D eigenvalue weighted by molar-refractivity contribution is 5.94. The Labute approximate surface area is 78.7 Å². The minimum absolute atomic E-state index is 0.0273. The van der Waals surface area contributed by atoms with E-state index in [4.69, 9.17) is 5.11 Å². The molecule has 7 heteroatoms. The molecular formula is C7H8N4O3. The van der Waals surface area contributed by atoms with Gasteiger partial charge in [-0.1, -0.05) is 0 Å². The molecule has 0 saturated carbocycles. The van der Waals surface area contributed by atoms with E-state index in [1.165, 1.54) is 0 Å². The number of carboxylic acid groups (broad SMARTS) is 1. The maximum Gasteiger partial charge on any atom is 0.356 e. The molecule has 1 aromatic heterocycles. The zero-order chi connectivity index (χ0) is 10.3. The lowest BCUT2D eigenvalue weighted by Crippen LogP contribution is -2.37. The molecule has 74 valence electrons. The van der Waals surface area contributed by atoms with Gasteiger partial charge in [-0.15, -0.1) is 0 Å². The van der Waals surface area contributed by atoms with Crippen LogP contribution in [0.25, 0.3) is 0 Å². The van der Waals surface area contributed by atoms with Crippen molar-refractivity contribution in [1.29, 1.82) is 0 Å². The third-order valence-electron chi connectivity index (χ3n) is 1.90. The fraction of sp³-hybridized carbons (Fsp3) is 0.286. The third kappa shape index (κ3) is 1.10. The lowest BCUT2D eigenvalue weighted by atomic mass is 10.3. The molecule has 1 amide bonds. The Morgan fingerprint density at radius 3 is 3.00 bits per heavy atom. The van der Waals surface area contributed by atoms with E-state index in [-0.39, 0.29) is 18.1 Å². The maximum absolute atomic E-state index is 11.0. The van der Waals surface area contributed by atoms with E-state index >= 15 is 0 Å². The average Bonchev–Trinajstić information content (AvgIpc) is 2.40. The molecule has 1 aliphatic heterocycles. The minimum atomic E-state index is -1.12. The molecule has 0 radical (unpaired) electrons. The number of anilines is 1. The van der Waals surface area contributed by atoms with Crippen molar-refractivity contribution in [2.75, 3.05) is 17.3 Å². The Balaban J connectivity index is 2.56. The molecule has 2 rings (SSSR count). The second-order valence-electron chi connectivity index (χ2n) is 2.90. The molecule has 14 heavy (non-hydrogen) atoms. The van der Waals surface area contributed by atoms with Crippen LogP contribution in [0.1, 0.15) is 16.2 Å². The Bertz CT molecular complexity index is 423. The number of carbonyl (C=O) groups excluding carboxylic acids is 1. The quantitative estimate of drug-likeness (QED) is 0.556. The summed E-state index contributed by atoms with van der Waals surface area (Å²) >= 11 is 0. The molecule has 0 spiro atoms. The van der Waals surface area contributed by atoms with Crippen LogP contribution in [-0.2, 0) is 4.79 Å². The molecule has 7 nitrogen and oxygen atoms in total. The number of carboxylic acids is 1. The largest absolute Gasteiger partial charge is 0.476 e. The minimum Gasteiger partial charge on any atom is -0.476 e. The lowest BCUT2D eigenvalue weighted by Gasteiger charge is -2.17. The molecule has 2 heterocycles. The van der Waals surface area contributed by atoms with Gasteiger partial charge in [-0.3, -0.25) is 10.2 Å². The van der Waals surface area contributed by atoms with Crippen molar-refractivity contribution in [1.82, 2.24) is 9.66 Å². The normalized spacial score (nSPS) is 14.2. The van der Waals surface area contributed by atoms with Gasteiger partial charge in [0.1, 0.15) is 0 Å². The number of rotatable bonds is 1. The highest BCUT2D eigenvalue weighted by Crippen LogP contribution is 2.15. The van der Waals surface area contributed by atoms with Gasteiger partial charge >= 0.3 is 5.97 Å². The molecule has 0 unspecified atom stereocenters. The lowest BCUT2D eigenvalue weighted by molar-refractivity contribution is -0.115. The number of nitrogens with one attached hydrogen (secondary N) is 2. The van der Waals surface area contributed by atoms with Gasteiger partial charge in [-0.05, 0) is 6.92 Å². The van der Waals surface area contributed by atoms with Gasteiger partial charge < -0.3 is 10.4 Å². The van der Waals surface area contributed by atoms with Crippen molar-refractivity contribution in [3.05, 3.63) is 11.4 Å². The van der Waals surface area contributed by atoms with Gasteiger partial charge in [0.05, 0.1) is 12.2 Å². The number of nitrogens with zero attached hydrogens (tertiary/aromatic N) is 2. The fourth-order valence-electron chi connectivity index (χ4n) is 1.33. The number of imidazole rings is 1. The van der Waals surface area contributed by atoms with Crippen molar-refractivity contribution in [3.8, 4) is 0 Å². The van der Waals surface area contributed by atoms with Crippen molar-refractivity contribution in [2.24, 2.45) is 0 Å². The van der Waals surface area contributed by atoms with Crippen LogP contribution in [0.2, 0.25) is 0 Å². The van der Waals surface area contributed by atoms with Crippen molar-refractivity contribution in [3.63, 3.8) is 0 Å². The highest BCUT2D eigenvalue weighted by Gasteiger charge is 2.24. The molecule has 0 saturated heterocycles. The van der Waals surface area contributed by atoms with Gasteiger partial charge in [-0.25, -0.2) is 14.5 Å². The first-order valence-electron chi connectivity index (χ1n) is 3.96. The summed E-state index contributed by atoms with van der Waals surface area (Å²) in [4.78, 5) is 25.8. The SMILES string of the molecule is Cc1nc2n(c1C(=O)O)NC(=O)CN2. The molecule has 3 N–H and O–H groups in total. The number of fused-ring (bicyclic) bond motifs is 1. The first-order chi connectivity index (χ1) is 6.59.